The quantitative estimate of drug-likeness (QED) is 0.559. The van der Waals surface area contributed by atoms with Gasteiger partial charge in [0.25, 0.3) is 0 Å². The van der Waals surface area contributed by atoms with Crippen molar-refractivity contribution < 1.29 is 4.39 Å². The summed E-state index contributed by atoms with van der Waals surface area (Å²) in [7, 11) is 0. The van der Waals surface area contributed by atoms with Crippen LogP contribution in [0.15, 0.2) is 34.9 Å². The number of benzene rings is 1. The third kappa shape index (κ3) is 2.65. The Morgan fingerprint density at radius 1 is 1.33 bits per heavy atom. The molecule has 0 radical (unpaired) electrons. The molecule has 0 amide bonds. The van der Waals surface area contributed by atoms with E-state index in [0.29, 0.717) is 27.7 Å². The first-order valence-electron chi connectivity index (χ1n) is 6.11. The Morgan fingerprint density at radius 3 is 2.81 bits per heavy atom. The smallest absolute Gasteiger partial charge is 0.164 e. The fourth-order valence-corrected chi connectivity index (χ4v) is 2.79. The SMILES string of the molecule is CC(Cl)c1nc2cc(Br)cnc2n1-c1cc(F)ccc1Cl. The van der Waals surface area contributed by atoms with Gasteiger partial charge in [-0.25, -0.2) is 14.4 Å². The number of fused-ring (bicyclic) bond motifs is 1. The minimum absolute atomic E-state index is 0.377. The van der Waals surface area contributed by atoms with Crippen LogP contribution < -0.4 is 0 Å². The van der Waals surface area contributed by atoms with Crippen LogP contribution in [-0.2, 0) is 0 Å². The van der Waals surface area contributed by atoms with Gasteiger partial charge in [0, 0.05) is 10.7 Å². The summed E-state index contributed by atoms with van der Waals surface area (Å²) in [6, 6.07) is 5.98. The van der Waals surface area contributed by atoms with Crippen LogP contribution in [0.3, 0.4) is 0 Å². The molecule has 1 unspecified atom stereocenters. The lowest BCUT2D eigenvalue weighted by Gasteiger charge is -2.11. The monoisotopic (exact) mass is 387 g/mol. The zero-order valence-electron chi connectivity index (χ0n) is 10.8. The van der Waals surface area contributed by atoms with Crippen molar-refractivity contribution in [2.24, 2.45) is 0 Å². The third-order valence-electron chi connectivity index (χ3n) is 2.99. The molecule has 0 bridgehead atoms. The summed E-state index contributed by atoms with van der Waals surface area (Å²) in [6.45, 7) is 1.79. The first-order valence-corrected chi connectivity index (χ1v) is 7.71. The van der Waals surface area contributed by atoms with E-state index in [1.807, 2.05) is 6.07 Å². The van der Waals surface area contributed by atoms with Crippen molar-refractivity contribution in [3.8, 4) is 5.69 Å². The lowest BCUT2D eigenvalue weighted by molar-refractivity contribution is 0.626. The lowest BCUT2D eigenvalue weighted by Crippen LogP contribution is -2.04. The predicted molar refractivity (Wildman–Crippen MR) is 85.8 cm³/mol. The molecule has 21 heavy (non-hydrogen) atoms. The number of aromatic nitrogens is 3. The van der Waals surface area contributed by atoms with Crippen LogP contribution in [0.5, 0.6) is 0 Å². The van der Waals surface area contributed by atoms with Crippen molar-refractivity contribution in [1.82, 2.24) is 14.5 Å². The predicted octanol–water partition coefficient (Wildman–Crippen LogP) is 5.28. The van der Waals surface area contributed by atoms with Gasteiger partial charge in [-0.1, -0.05) is 11.6 Å². The molecule has 3 rings (SSSR count). The van der Waals surface area contributed by atoms with Crippen LogP contribution in [0.1, 0.15) is 18.1 Å². The summed E-state index contributed by atoms with van der Waals surface area (Å²) in [5.74, 6) is 0.173. The summed E-state index contributed by atoms with van der Waals surface area (Å²) in [5.41, 5.74) is 1.71. The average molecular weight is 389 g/mol. The Hall–Kier alpha value is -1.17. The minimum Gasteiger partial charge on any atom is -0.278 e. The Bertz CT molecular complexity index is 832. The molecular formula is C14H9BrCl2FN3. The molecule has 0 aliphatic carbocycles. The molecule has 1 atom stereocenters. The zero-order chi connectivity index (χ0) is 15.1. The van der Waals surface area contributed by atoms with Crippen molar-refractivity contribution in [2.45, 2.75) is 12.3 Å². The van der Waals surface area contributed by atoms with Crippen LogP contribution in [0.25, 0.3) is 16.9 Å². The second-order valence-electron chi connectivity index (χ2n) is 4.51. The second kappa shape index (κ2) is 5.55. The van der Waals surface area contributed by atoms with Gasteiger partial charge in [-0.2, -0.15) is 0 Å². The first-order chi connectivity index (χ1) is 9.97. The highest BCUT2D eigenvalue weighted by atomic mass is 79.9. The van der Waals surface area contributed by atoms with Crippen LogP contribution in [0, 0.1) is 5.82 Å². The molecular weight excluding hydrogens is 380 g/mol. The summed E-state index contributed by atoms with van der Waals surface area (Å²) in [6.07, 6.45) is 1.65. The van der Waals surface area contributed by atoms with Gasteiger partial charge in [0.15, 0.2) is 5.65 Å². The largest absolute Gasteiger partial charge is 0.278 e. The fourth-order valence-electron chi connectivity index (χ4n) is 2.12. The van der Waals surface area contributed by atoms with Gasteiger partial charge in [-0.3, -0.25) is 4.57 Å². The molecule has 0 N–H and O–H groups in total. The van der Waals surface area contributed by atoms with Crippen LogP contribution >= 0.6 is 39.1 Å². The lowest BCUT2D eigenvalue weighted by atomic mass is 10.3. The zero-order valence-corrected chi connectivity index (χ0v) is 13.9. The summed E-state index contributed by atoms with van der Waals surface area (Å²) in [4.78, 5) is 8.82. The van der Waals surface area contributed by atoms with E-state index < -0.39 is 0 Å². The number of rotatable bonds is 2. The van der Waals surface area contributed by atoms with Gasteiger partial charge in [0.2, 0.25) is 0 Å². The minimum atomic E-state index is -0.387. The van der Waals surface area contributed by atoms with Crippen molar-refractivity contribution >= 4 is 50.3 Å². The maximum absolute atomic E-state index is 13.6. The highest BCUT2D eigenvalue weighted by Crippen LogP contribution is 2.31. The van der Waals surface area contributed by atoms with Gasteiger partial charge in [0.05, 0.1) is 16.1 Å². The number of imidazole rings is 1. The molecule has 0 aliphatic rings. The molecule has 0 saturated carbocycles. The number of halogens is 4. The topological polar surface area (TPSA) is 30.7 Å². The number of pyridine rings is 1. The number of nitrogens with zero attached hydrogens (tertiary/aromatic N) is 3. The maximum Gasteiger partial charge on any atom is 0.164 e. The van der Waals surface area contributed by atoms with Crippen LogP contribution in [0.2, 0.25) is 5.02 Å². The van der Waals surface area contributed by atoms with Crippen LogP contribution in [0.4, 0.5) is 4.39 Å². The average Bonchev–Trinajstić information content (AvgIpc) is 2.80. The first kappa shape index (κ1) is 14.8. The van der Waals surface area contributed by atoms with Gasteiger partial charge in [0.1, 0.15) is 17.2 Å². The molecule has 108 valence electrons. The Balaban J connectivity index is 2.39. The van der Waals surface area contributed by atoms with E-state index in [1.165, 1.54) is 18.2 Å². The van der Waals surface area contributed by atoms with E-state index in [1.54, 1.807) is 17.7 Å². The Kier molecular flexibility index (Phi) is 3.90. The Morgan fingerprint density at radius 2 is 2.10 bits per heavy atom. The molecule has 0 fully saturated rings. The maximum atomic E-state index is 13.6. The summed E-state index contributed by atoms with van der Waals surface area (Å²) in [5, 5.41) is 0.0243. The normalized spacial score (nSPS) is 12.8. The molecule has 0 saturated heterocycles. The van der Waals surface area contributed by atoms with Gasteiger partial charge in [-0.15, -0.1) is 11.6 Å². The van der Waals surface area contributed by atoms with Crippen molar-refractivity contribution in [3.63, 3.8) is 0 Å². The van der Waals surface area contributed by atoms with E-state index >= 15 is 0 Å². The van der Waals surface area contributed by atoms with E-state index in [0.717, 1.165) is 4.47 Å². The van der Waals surface area contributed by atoms with Gasteiger partial charge >= 0.3 is 0 Å². The number of hydrogen-bond donors (Lipinski definition) is 0. The molecule has 0 spiro atoms. The molecule has 3 nitrogen and oxygen atoms in total. The second-order valence-corrected chi connectivity index (χ2v) is 6.49. The van der Waals surface area contributed by atoms with E-state index in [9.17, 15) is 4.39 Å². The molecule has 2 aromatic heterocycles. The van der Waals surface area contributed by atoms with Crippen LogP contribution in [-0.4, -0.2) is 14.5 Å². The highest BCUT2D eigenvalue weighted by Gasteiger charge is 2.19. The van der Waals surface area contributed by atoms with E-state index in [2.05, 4.69) is 25.9 Å². The number of hydrogen-bond acceptors (Lipinski definition) is 2. The van der Waals surface area contributed by atoms with Gasteiger partial charge < -0.3 is 0 Å². The molecule has 7 heteroatoms. The standard InChI is InChI=1S/C14H9BrCl2FN3/c1-7(16)13-20-11-4-8(15)6-19-14(11)21(13)12-5-9(18)2-3-10(12)17/h2-7H,1H3. The molecule has 2 heterocycles. The third-order valence-corrected chi connectivity index (χ3v) is 3.94. The highest BCUT2D eigenvalue weighted by molar-refractivity contribution is 9.10. The van der Waals surface area contributed by atoms with Crippen molar-refractivity contribution in [3.05, 3.63) is 51.6 Å². The van der Waals surface area contributed by atoms with Crippen molar-refractivity contribution in [1.29, 1.82) is 0 Å². The van der Waals surface area contributed by atoms with Gasteiger partial charge in [-0.05, 0) is 47.1 Å². The molecule has 1 aromatic carbocycles. The Labute approximate surface area is 138 Å². The molecule has 0 aliphatic heterocycles. The van der Waals surface area contributed by atoms with E-state index in [4.69, 9.17) is 23.2 Å². The number of alkyl halides is 1. The summed E-state index contributed by atoms with van der Waals surface area (Å²) >= 11 is 15.8. The fraction of sp³-hybridized carbons (Fsp3) is 0.143. The molecule has 3 aromatic rings. The summed E-state index contributed by atoms with van der Waals surface area (Å²) < 4.78 is 16.1. The van der Waals surface area contributed by atoms with Crippen molar-refractivity contribution in [2.75, 3.05) is 0 Å². The van der Waals surface area contributed by atoms with E-state index in [-0.39, 0.29) is 11.2 Å².